The molecule has 5 heteroatoms. The van der Waals surface area contributed by atoms with Gasteiger partial charge in [-0.05, 0) is 49.8 Å². The summed E-state index contributed by atoms with van der Waals surface area (Å²) in [5, 5.41) is 6.68. The molecule has 1 saturated heterocycles. The molecule has 23 heavy (non-hydrogen) atoms. The molecule has 2 N–H and O–H groups in total. The van der Waals surface area contributed by atoms with Gasteiger partial charge in [-0.1, -0.05) is 25.0 Å². The number of benzene rings is 1. The van der Waals surface area contributed by atoms with Gasteiger partial charge in [0.05, 0.1) is 19.2 Å². The van der Waals surface area contributed by atoms with Gasteiger partial charge < -0.3 is 15.4 Å². The molecule has 1 amide bonds. The SMILES string of the molecule is COc1cccc(C(C)NC(=O)C2CC3CCCCC3N2)c1.Cl. The average Bonchev–Trinajstić information content (AvgIpc) is 2.99. The summed E-state index contributed by atoms with van der Waals surface area (Å²) in [5.41, 5.74) is 1.07. The predicted octanol–water partition coefficient (Wildman–Crippen LogP) is 3.21. The number of ether oxygens (including phenoxy) is 1. The van der Waals surface area contributed by atoms with Gasteiger partial charge in [0.1, 0.15) is 5.75 Å². The van der Waals surface area contributed by atoms with E-state index in [9.17, 15) is 4.79 Å². The van der Waals surface area contributed by atoms with Crippen LogP contribution in [0.25, 0.3) is 0 Å². The zero-order valence-electron chi connectivity index (χ0n) is 13.9. The second-order valence-corrected chi connectivity index (χ2v) is 6.61. The van der Waals surface area contributed by atoms with Crippen LogP contribution < -0.4 is 15.4 Å². The monoisotopic (exact) mass is 338 g/mol. The van der Waals surface area contributed by atoms with Crippen LogP contribution in [0, 0.1) is 5.92 Å². The summed E-state index contributed by atoms with van der Waals surface area (Å²) in [7, 11) is 1.66. The Morgan fingerprint density at radius 3 is 2.87 bits per heavy atom. The first-order valence-corrected chi connectivity index (χ1v) is 8.37. The van der Waals surface area contributed by atoms with E-state index in [-0.39, 0.29) is 30.4 Å². The minimum Gasteiger partial charge on any atom is -0.497 e. The molecule has 1 aliphatic carbocycles. The summed E-state index contributed by atoms with van der Waals surface area (Å²) >= 11 is 0. The fraction of sp³-hybridized carbons (Fsp3) is 0.611. The summed E-state index contributed by atoms with van der Waals surface area (Å²) in [6.45, 7) is 2.02. The number of amides is 1. The van der Waals surface area contributed by atoms with Crippen molar-refractivity contribution in [2.45, 2.75) is 57.2 Å². The lowest BCUT2D eigenvalue weighted by atomic mass is 9.85. The number of nitrogens with one attached hydrogen (secondary N) is 2. The molecule has 1 heterocycles. The van der Waals surface area contributed by atoms with Crippen LogP contribution in [0.1, 0.15) is 50.6 Å². The van der Waals surface area contributed by atoms with E-state index < -0.39 is 0 Å². The number of halogens is 1. The third-order valence-electron chi connectivity index (χ3n) is 5.13. The van der Waals surface area contributed by atoms with Gasteiger partial charge in [0.15, 0.2) is 0 Å². The van der Waals surface area contributed by atoms with Gasteiger partial charge in [0.25, 0.3) is 0 Å². The van der Waals surface area contributed by atoms with E-state index in [1.165, 1.54) is 25.7 Å². The third-order valence-corrected chi connectivity index (χ3v) is 5.13. The lowest BCUT2D eigenvalue weighted by molar-refractivity contribution is -0.123. The van der Waals surface area contributed by atoms with E-state index in [0.717, 1.165) is 17.7 Å². The predicted molar refractivity (Wildman–Crippen MR) is 94.1 cm³/mol. The van der Waals surface area contributed by atoms with E-state index in [0.29, 0.717) is 12.0 Å². The van der Waals surface area contributed by atoms with Crippen LogP contribution in [0.5, 0.6) is 5.75 Å². The van der Waals surface area contributed by atoms with Crippen molar-refractivity contribution in [2.75, 3.05) is 7.11 Å². The van der Waals surface area contributed by atoms with E-state index in [2.05, 4.69) is 10.6 Å². The quantitative estimate of drug-likeness (QED) is 0.886. The molecule has 0 aromatic heterocycles. The number of hydrogen-bond acceptors (Lipinski definition) is 3. The van der Waals surface area contributed by atoms with E-state index in [4.69, 9.17) is 4.74 Å². The topological polar surface area (TPSA) is 50.4 Å². The van der Waals surface area contributed by atoms with Gasteiger partial charge in [0.2, 0.25) is 5.91 Å². The van der Waals surface area contributed by atoms with Crippen molar-refractivity contribution in [1.29, 1.82) is 0 Å². The largest absolute Gasteiger partial charge is 0.497 e. The first kappa shape index (κ1) is 18.1. The zero-order valence-corrected chi connectivity index (χ0v) is 14.7. The van der Waals surface area contributed by atoms with Crippen molar-refractivity contribution >= 4 is 18.3 Å². The average molecular weight is 339 g/mol. The number of fused-ring (bicyclic) bond motifs is 1. The van der Waals surface area contributed by atoms with Crippen LogP contribution in [0.3, 0.4) is 0 Å². The lowest BCUT2D eigenvalue weighted by Crippen LogP contribution is -2.43. The molecule has 1 aromatic rings. The Hall–Kier alpha value is -1.26. The van der Waals surface area contributed by atoms with Gasteiger partial charge in [-0.2, -0.15) is 0 Å². The molecule has 4 nitrogen and oxygen atoms in total. The van der Waals surface area contributed by atoms with Gasteiger partial charge in [-0.3, -0.25) is 4.79 Å². The molecule has 1 aliphatic heterocycles. The molecule has 2 aliphatic rings. The number of hydrogen-bond donors (Lipinski definition) is 2. The minimum absolute atomic E-state index is 0. The van der Waals surface area contributed by atoms with Gasteiger partial charge in [-0.25, -0.2) is 0 Å². The van der Waals surface area contributed by atoms with Gasteiger partial charge in [-0.15, -0.1) is 12.4 Å². The second kappa shape index (κ2) is 8.02. The maximum absolute atomic E-state index is 12.5. The third kappa shape index (κ3) is 4.18. The molecule has 128 valence electrons. The maximum atomic E-state index is 12.5. The molecule has 4 unspecified atom stereocenters. The van der Waals surface area contributed by atoms with Crippen molar-refractivity contribution in [3.05, 3.63) is 29.8 Å². The molecule has 1 saturated carbocycles. The second-order valence-electron chi connectivity index (χ2n) is 6.61. The summed E-state index contributed by atoms with van der Waals surface area (Å²) in [4.78, 5) is 12.5. The molecular weight excluding hydrogens is 312 g/mol. The summed E-state index contributed by atoms with van der Waals surface area (Å²) < 4.78 is 5.25. The molecule has 1 aromatic carbocycles. The number of rotatable bonds is 4. The van der Waals surface area contributed by atoms with E-state index in [1.807, 2.05) is 31.2 Å². The molecule has 4 atom stereocenters. The minimum atomic E-state index is -0.0267. The van der Waals surface area contributed by atoms with Crippen LogP contribution in [0.2, 0.25) is 0 Å². The molecule has 0 radical (unpaired) electrons. The Kier molecular flexibility index (Phi) is 6.31. The molecule has 3 rings (SSSR count). The first-order chi connectivity index (χ1) is 10.7. The van der Waals surface area contributed by atoms with Crippen LogP contribution in [0.15, 0.2) is 24.3 Å². The normalized spacial score (nSPS) is 27.5. The highest BCUT2D eigenvalue weighted by Crippen LogP contribution is 2.33. The highest BCUT2D eigenvalue weighted by atomic mass is 35.5. The molecular formula is C18H27ClN2O2. The molecule has 0 spiro atoms. The highest BCUT2D eigenvalue weighted by molar-refractivity contribution is 5.85. The lowest BCUT2D eigenvalue weighted by Gasteiger charge is -2.24. The highest BCUT2D eigenvalue weighted by Gasteiger charge is 2.38. The van der Waals surface area contributed by atoms with Crippen LogP contribution in [-0.4, -0.2) is 25.1 Å². The van der Waals surface area contributed by atoms with Crippen LogP contribution >= 0.6 is 12.4 Å². The number of carbonyl (C=O) groups is 1. The Morgan fingerprint density at radius 1 is 1.35 bits per heavy atom. The fourth-order valence-corrected chi connectivity index (χ4v) is 3.83. The van der Waals surface area contributed by atoms with Crippen molar-refractivity contribution in [1.82, 2.24) is 10.6 Å². The molecule has 0 bridgehead atoms. The Balaban J connectivity index is 0.00000192. The Bertz CT molecular complexity index is 524. The van der Waals surface area contributed by atoms with E-state index >= 15 is 0 Å². The van der Waals surface area contributed by atoms with Crippen molar-refractivity contribution in [3.63, 3.8) is 0 Å². The number of carbonyl (C=O) groups excluding carboxylic acids is 1. The van der Waals surface area contributed by atoms with Gasteiger partial charge in [0, 0.05) is 6.04 Å². The first-order valence-electron chi connectivity index (χ1n) is 8.37. The maximum Gasteiger partial charge on any atom is 0.237 e. The standard InChI is InChI=1S/C18H26N2O2.ClH/c1-12(13-7-5-8-15(10-13)22-2)19-18(21)17-11-14-6-3-4-9-16(14)20-17;/h5,7-8,10,12,14,16-17,20H,3-4,6,9,11H2,1-2H3,(H,19,21);1H. The fourth-order valence-electron chi connectivity index (χ4n) is 3.83. The van der Waals surface area contributed by atoms with Crippen molar-refractivity contribution in [3.8, 4) is 5.75 Å². The van der Waals surface area contributed by atoms with E-state index in [1.54, 1.807) is 7.11 Å². The smallest absolute Gasteiger partial charge is 0.237 e. The van der Waals surface area contributed by atoms with Crippen molar-refractivity contribution in [2.24, 2.45) is 5.92 Å². The van der Waals surface area contributed by atoms with Crippen LogP contribution in [-0.2, 0) is 4.79 Å². The molecule has 2 fully saturated rings. The summed E-state index contributed by atoms with van der Waals surface area (Å²) in [6, 6.07) is 8.40. The number of methoxy groups -OCH3 is 1. The van der Waals surface area contributed by atoms with Gasteiger partial charge >= 0.3 is 0 Å². The zero-order chi connectivity index (χ0) is 15.5. The van der Waals surface area contributed by atoms with Crippen molar-refractivity contribution < 1.29 is 9.53 Å². The summed E-state index contributed by atoms with van der Waals surface area (Å²) in [6.07, 6.45) is 6.09. The Morgan fingerprint density at radius 2 is 2.13 bits per heavy atom. The Labute approximate surface area is 144 Å². The summed E-state index contributed by atoms with van der Waals surface area (Å²) in [5.74, 6) is 1.64. The van der Waals surface area contributed by atoms with Crippen LogP contribution in [0.4, 0.5) is 0 Å².